The quantitative estimate of drug-likeness (QED) is 0.181. The summed E-state index contributed by atoms with van der Waals surface area (Å²) in [6.45, 7) is 8.25. The van der Waals surface area contributed by atoms with Crippen LogP contribution in [0, 0.1) is 19.8 Å². The fraction of sp³-hybridized carbons (Fsp3) is 0.265. The van der Waals surface area contributed by atoms with Gasteiger partial charge in [0.1, 0.15) is 10.8 Å². The number of nitrogens with zero attached hydrogens (tertiary/aromatic N) is 4. The van der Waals surface area contributed by atoms with Crippen LogP contribution in [0.2, 0.25) is 5.02 Å². The number of benzene rings is 3. The van der Waals surface area contributed by atoms with Crippen molar-refractivity contribution in [3.8, 4) is 5.00 Å². The molecule has 1 unspecified atom stereocenters. The number of fused-ring (bicyclic) bond motifs is 3. The van der Waals surface area contributed by atoms with E-state index in [1.807, 2.05) is 42.7 Å². The number of halogens is 1. The SMILES string of the molecule is Cc1ccc(S(=O)(=O)NC2N=C(c3ccccc3Cl)c3cc(CCc4ccc(CC(C)C)cc4)sc3-n3c(C)nnc32)cc1. The molecule has 0 saturated heterocycles. The Morgan fingerprint density at radius 1 is 0.909 bits per heavy atom. The van der Waals surface area contributed by atoms with Gasteiger partial charge in [0.25, 0.3) is 0 Å². The maximum Gasteiger partial charge on any atom is 0.242 e. The normalized spacial score (nSPS) is 14.7. The summed E-state index contributed by atoms with van der Waals surface area (Å²) in [7, 11) is -3.94. The van der Waals surface area contributed by atoms with Crippen molar-refractivity contribution in [1.82, 2.24) is 19.5 Å². The van der Waals surface area contributed by atoms with E-state index in [1.165, 1.54) is 16.0 Å². The molecular formula is C34H34ClN5O2S2. The van der Waals surface area contributed by atoms with Gasteiger partial charge in [0.2, 0.25) is 10.0 Å². The van der Waals surface area contributed by atoms with Gasteiger partial charge in [-0.05, 0) is 74.4 Å². The van der Waals surface area contributed by atoms with Gasteiger partial charge in [0, 0.05) is 21.0 Å². The fourth-order valence-corrected chi connectivity index (χ4v) is 7.93. The molecule has 0 saturated carbocycles. The van der Waals surface area contributed by atoms with Crippen molar-refractivity contribution in [3.63, 3.8) is 0 Å². The lowest BCUT2D eigenvalue weighted by molar-refractivity contribution is 0.551. The van der Waals surface area contributed by atoms with Crippen molar-refractivity contribution in [2.45, 2.75) is 58.0 Å². The number of rotatable bonds is 9. The number of aliphatic imine (C=N–C) groups is 1. The number of hydrogen-bond acceptors (Lipinski definition) is 6. The van der Waals surface area contributed by atoms with E-state index in [-0.39, 0.29) is 4.90 Å². The molecule has 3 aromatic carbocycles. The number of aryl methyl sites for hydroxylation is 4. The van der Waals surface area contributed by atoms with Crippen LogP contribution < -0.4 is 4.72 Å². The first-order valence-electron chi connectivity index (χ1n) is 14.6. The molecule has 10 heteroatoms. The lowest BCUT2D eigenvalue weighted by Crippen LogP contribution is -2.29. The summed E-state index contributed by atoms with van der Waals surface area (Å²) >= 11 is 8.37. The maximum atomic E-state index is 13.5. The Kier molecular flexibility index (Phi) is 8.57. The highest BCUT2D eigenvalue weighted by atomic mass is 35.5. The zero-order valence-corrected chi connectivity index (χ0v) is 27.5. The van der Waals surface area contributed by atoms with Crippen LogP contribution in [0.5, 0.6) is 0 Å². The molecule has 3 heterocycles. The Morgan fingerprint density at radius 2 is 1.61 bits per heavy atom. The number of thiophene rings is 1. The van der Waals surface area contributed by atoms with Crippen LogP contribution in [0.4, 0.5) is 0 Å². The minimum atomic E-state index is -3.94. The molecule has 44 heavy (non-hydrogen) atoms. The summed E-state index contributed by atoms with van der Waals surface area (Å²) in [5.41, 5.74) is 5.80. The monoisotopic (exact) mass is 643 g/mol. The molecule has 1 N–H and O–H groups in total. The summed E-state index contributed by atoms with van der Waals surface area (Å²) < 4.78 is 31.8. The summed E-state index contributed by atoms with van der Waals surface area (Å²) in [6.07, 6.45) is 1.79. The first-order chi connectivity index (χ1) is 21.1. The Balaban J connectivity index is 1.40. The van der Waals surface area contributed by atoms with Crippen LogP contribution in [0.3, 0.4) is 0 Å². The van der Waals surface area contributed by atoms with Gasteiger partial charge < -0.3 is 0 Å². The van der Waals surface area contributed by atoms with Crippen molar-refractivity contribution in [1.29, 1.82) is 0 Å². The van der Waals surface area contributed by atoms with Gasteiger partial charge in [-0.25, -0.2) is 8.42 Å². The molecule has 5 aromatic rings. The van der Waals surface area contributed by atoms with Gasteiger partial charge in [-0.2, -0.15) is 4.72 Å². The van der Waals surface area contributed by atoms with Gasteiger partial charge in [-0.3, -0.25) is 9.56 Å². The average molecular weight is 644 g/mol. The minimum Gasteiger partial charge on any atom is -0.270 e. The van der Waals surface area contributed by atoms with Gasteiger partial charge in [0.15, 0.2) is 12.0 Å². The molecule has 1 aliphatic rings. The van der Waals surface area contributed by atoms with Gasteiger partial charge in [-0.1, -0.05) is 85.6 Å². The third-order valence-electron chi connectivity index (χ3n) is 7.63. The molecule has 0 radical (unpaired) electrons. The summed E-state index contributed by atoms with van der Waals surface area (Å²) in [5, 5.41) is 10.2. The molecule has 7 nitrogen and oxygen atoms in total. The highest BCUT2D eigenvalue weighted by molar-refractivity contribution is 7.89. The average Bonchev–Trinajstić information content (AvgIpc) is 3.55. The van der Waals surface area contributed by atoms with E-state index in [0.717, 1.165) is 41.0 Å². The first kappa shape index (κ1) is 30.4. The predicted octanol–water partition coefficient (Wildman–Crippen LogP) is 7.41. The van der Waals surface area contributed by atoms with E-state index >= 15 is 0 Å². The Hall–Kier alpha value is -3.63. The third kappa shape index (κ3) is 6.28. The molecule has 0 bridgehead atoms. The van der Waals surface area contributed by atoms with Crippen LogP contribution in [0.1, 0.15) is 64.4 Å². The Labute approximate surface area is 267 Å². The second-order valence-corrected chi connectivity index (χ2v) is 14.8. The van der Waals surface area contributed by atoms with Crippen LogP contribution in [0.25, 0.3) is 5.00 Å². The smallest absolute Gasteiger partial charge is 0.242 e. The van der Waals surface area contributed by atoms with E-state index in [9.17, 15) is 8.42 Å². The Morgan fingerprint density at radius 3 is 2.32 bits per heavy atom. The third-order valence-corrected chi connectivity index (χ3v) is 10.6. The fourth-order valence-electron chi connectivity index (χ4n) is 5.41. The van der Waals surface area contributed by atoms with E-state index in [1.54, 1.807) is 35.6 Å². The molecule has 0 fully saturated rings. The van der Waals surface area contributed by atoms with Crippen molar-refractivity contribution >= 4 is 38.7 Å². The molecular weight excluding hydrogens is 610 g/mol. The highest BCUT2D eigenvalue weighted by Crippen LogP contribution is 2.37. The van der Waals surface area contributed by atoms with Crippen molar-refractivity contribution in [2.24, 2.45) is 10.9 Å². The van der Waals surface area contributed by atoms with Crippen LogP contribution in [-0.2, 0) is 29.3 Å². The summed E-state index contributed by atoms with van der Waals surface area (Å²) in [5.74, 6) is 1.67. The second-order valence-electron chi connectivity index (χ2n) is 11.6. The standard InChI is InChI=1S/C34H34ClN5O2S2/c1-21(2)19-25-13-11-24(12-14-25)15-16-26-20-29-31(28-7-5-6-8-30(28)35)36-32(33-38-37-23(4)40(33)34(29)43-26)39-44(41,42)27-17-9-22(3)10-18-27/h5-14,17-18,20-21,32,39H,15-16,19H2,1-4H3. The van der Waals surface area contributed by atoms with E-state index in [2.05, 4.69) is 59.1 Å². The Bertz CT molecular complexity index is 1940. The summed E-state index contributed by atoms with van der Waals surface area (Å²) in [6, 6.07) is 25.3. The van der Waals surface area contributed by atoms with E-state index in [0.29, 0.717) is 28.3 Å². The molecule has 6 rings (SSSR count). The lowest BCUT2D eigenvalue weighted by atomic mass is 10.00. The zero-order valence-electron chi connectivity index (χ0n) is 25.1. The molecule has 1 atom stereocenters. The van der Waals surface area contributed by atoms with Gasteiger partial charge in [0.05, 0.1) is 10.6 Å². The second kappa shape index (κ2) is 12.4. The number of nitrogens with one attached hydrogen (secondary N) is 1. The van der Waals surface area contributed by atoms with Crippen molar-refractivity contribution < 1.29 is 8.42 Å². The van der Waals surface area contributed by atoms with E-state index < -0.39 is 16.2 Å². The molecule has 2 aromatic heterocycles. The van der Waals surface area contributed by atoms with Crippen LogP contribution in [0.15, 0.2) is 88.8 Å². The predicted molar refractivity (Wildman–Crippen MR) is 178 cm³/mol. The number of sulfonamides is 1. The topological polar surface area (TPSA) is 89.2 Å². The van der Waals surface area contributed by atoms with Crippen molar-refractivity contribution in [2.75, 3.05) is 0 Å². The number of aromatic nitrogens is 3. The molecule has 0 spiro atoms. The van der Waals surface area contributed by atoms with Crippen LogP contribution in [-0.4, -0.2) is 28.9 Å². The molecule has 0 aliphatic carbocycles. The summed E-state index contributed by atoms with van der Waals surface area (Å²) in [4.78, 5) is 6.35. The first-order valence-corrected chi connectivity index (χ1v) is 17.3. The van der Waals surface area contributed by atoms with Gasteiger partial charge >= 0.3 is 0 Å². The maximum absolute atomic E-state index is 13.5. The van der Waals surface area contributed by atoms with Crippen LogP contribution >= 0.6 is 22.9 Å². The largest absolute Gasteiger partial charge is 0.270 e. The molecule has 1 aliphatic heterocycles. The molecule has 0 amide bonds. The number of hydrogen-bond donors (Lipinski definition) is 1. The van der Waals surface area contributed by atoms with Crippen molar-refractivity contribution in [3.05, 3.63) is 128 Å². The zero-order chi connectivity index (χ0) is 31.0. The van der Waals surface area contributed by atoms with E-state index in [4.69, 9.17) is 16.6 Å². The molecule has 226 valence electrons. The lowest BCUT2D eigenvalue weighted by Gasteiger charge is -2.15. The minimum absolute atomic E-state index is 0.152. The highest BCUT2D eigenvalue weighted by Gasteiger charge is 2.33. The van der Waals surface area contributed by atoms with Gasteiger partial charge in [-0.15, -0.1) is 21.5 Å².